The van der Waals surface area contributed by atoms with Crippen LogP contribution in [-0.4, -0.2) is 56.3 Å². The number of rotatable bonds is 6. The van der Waals surface area contributed by atoms with Crippen molar-refractivity contribution < 1.29 is 14.3 Å². The number of piperidine rings is 1. The van der Waals surface area contributed by atoms with E-state index in [2.05, 4.69) is 26.2 Å². The smallest absolute Gasteiger partial charge is 0.409 e. The molecular formula is C18H28BrIN4O3. The molecule has 1 amide bonds. The first-order valence-electron chi connectivity index (χ1n) is 8.84. The number of hydrogen-bond acceptors (Lipinski definition) is 4. The summed E-state index contributed by atoms with van der Waals surface area (Å²) in [6.45, 7) is 4.12. The van der Waals surface area contributed by atoms with E-state index in [1.807, 2.05) is 25.1 Å². The number of benzene rings is 1. The quantitative estimate of drug-likeness (QED) is 0.320. The van der Waals surface area contributed by atoms with Crippen LogP contribution in [0, 0.1) is 0 Å². The molecule has 3 N–H and O–H groups in total. The van der Waals surface area contributed by atoms with Crippen LogP contribution in [0.3, 0.4) is 0 Å². The number of amides is 1. The van der Waals surface area contributed by atoms with E-state index in [0.29, 0.717) is 32.2 Å². The SMILES string of the molecule is CCOC(=O)N1CCC(NC(N)=NCCc2cccc(Br)c2OC)CC1.I. The van der Waals surface area contributed by atoms with Gasteiger partial charge in [-0.3, -0.25) is 4.99 Å². The molecule has 0 radical (unpaired) electrons. The number of likely N-dealkylation sites (tertiary alicyclic amines) is 1. The maximum Gasteiger partial charge on any atom is 0.409 e. The Kier molecular flexibility index (Phi) is 10.8. The van der Waals surface area contributed by atoms with Crippen molar-refractivity contribution in [2.45, 2.75) is 32.2 Å². The zero-order valence-corrected chi connectivity index (χ0v) is 19.7. The molecule has 1 aliphatic heterocycles. The molecule has 0 bridgehead atoms. The number of nitrogens with two attached hydrogens (primary N) is 1. The molecule has 9 heteroatoms. The third kappa shape index (κ3) is 7.36. The lowest BCUT2D eigenvalue weighted by Crippen LogP contribution is -2.48. The van der Waals surface area contributed by atoms with Crippen molar-refractivity contribution in [2.24, 2.45) is 10.7 Å². The molecular weight excluding hydrogens is 527 g/mol. The number of para-hydroxylation sites is 1. The van der Waals surface area contributed by atoms with Crippen LogP contribution in [0.2, 0.25) is 0 Å². The zero-order chi connectivity index (χ0) is 18.9. The number of carbonyl (C=O) groups excluding carboxylic acids is 1. The second-order valence-corrected chi connectivity index (χ2v) is 6.91. The van der Waals surface area contributed by atoms with Crippen molar-refractivity contribution in [3.63, 3.8) is 0 Å². The second-order valence-electron chi connectivity index (χ2n) is 6.05. The van der Waals surface area contributed by atoms with E-state index >= 15 is 0 Å². The summed E-state index contributed by atoms with van der Waals surface area (Å²) < 4.78 is 11.4. The van der Waals surface area contributed by atoms with E-state index in [1.165, 1.54) is 0 Å². The Bertz CT molecular complexity index is 637. The Morgan fingerprint density at radius 1 is 1.41 bits per heavy atom. The summed E-state index contributed by atoms with van der Waals surface area (Å²) >= 11 is 3.48. The summed E-state index contributed by atoms with van der Waals surface area (Å²) in [5.41, 5.74) is 7.09. The van der Waals surface area contributed by atoms with Crippen LogP contribution in [0.25, 0.3) is 0 Å². The number of aliphatic imine (C=N–C) groups is 1. The van der Waals surface area contributed by atoms with Gasteiger partial charge >= 0.3 is 6.09 Å². The summed E-state index contributed by atoms with van der Waals surface area (Å²) in [6.07, 6.45) is 2.16. The van der Waals surface area contributed by atoms with Gasteiger partial charge in [0.25, 0.3) is 0 Å². The summed E-state index contributed by atoms with van der Waals surface area (Å²) in [5.74, 6) is 1.27. The standard InChI is InChI=1S/C18H27BrN4O3.HI/c1-3-26-18(24)23-11-8-14(9-12-23)22-17(20)21-10-7-13-5-4-6-15(19)16(13)25-2;/h4-6,14H,3,7-12H2,1-2H3,(H3,20,21,22);1H. The molecule has 1 fully saturated rings. The lowest BCUT2D eigenvalue weighted by Gasteiger charge is -2.31. The maximum atomic E-state index is 11.7. The molecule has 0 aromatic heterocycles. The number of hydrogen-bond donors (Lipinski definition) is 2. The first-order valence-corrected chi connectivity index (χ1v) is 9.64. The van der Waals surface area contributed by atoms with Crippen molar-refractivity contribution >= 4 is 52.0 Å². The molecule has 0 unspecified atom stereocenters. The maximum absolute atomic E-state index is 11.7. The molecule has 0 aliphatic carbocycles. The van der Waals surface area contributed by atoms with Crippen LogP contribution in [0.15, 0.2) is 27.7 Å². The Morgan fingerprint density at radius 3 is 2.74 bits per heavy atom. The summed E-state index contributed by atoms with van der Waals surface area (Å²) in [7, 11) is 1.66. The van der Waals surface area contributed by atoms with E-state index in [9.17, 15) is 4.79 Å². The predicted octanol–water partition coefficient (Wildman–Crippen LogP) is 3.14. The molecule has 0 spiro atoms. The summed E-state index contributed by atoms with van der Waals surface area (Å²) in [6, 6.07) is 6.17. The molecule has 0 saturated carbocycles. The van der Waals surface area contributed by atoms with Gasteiger partial charge in [0.1, 0.15) is 5.75 Å². The largest absolute Gasteiger partial charge is 0.495 e. The molecule has 1 heterocycles. The Balaban J connectivity index is 0.00000364. The highest BCUT2D eigenvalue weighted by Crippen LogP contribution is 2.28. The fourth-order valence-electron chi connectivity index (χ4n) is 2.95. The van der Waals surface area contributed by atoms with Crippen LogP contribution in [0.5, 0.6) is 5.75 Å². The molecule has 7 nitrogen and oxygen atoms in total. The number of guanidine groups is 1. The highest BCUT2D eigenvalue weighted by Gasteiger charge is 2.23. The normalized spacial score (nSPS) is 15.1. The van der Waals surface area contributed by atoms with Gasteiger partial charge in [-0.25, -0.2) is 4.79 Å². The minimum Gasteiger partial charge on any atom is -0.495 e. The van der Waals surface area contributed by atoms with E-state index in [4.69, 9.17) is 15.2 Å². The number of ether oxygens (including phenoxy) is 2. The van der Waals surface area contributed by atoms with E-state index in [-0.39, 0.29) is 36.1 Å². The average Bonchev–Trinajstić information content (AvgIpc) is 2.62. The Hall–Kier alpha value is -1.23. The highest BCUT2D eigenvalue weighted by molar-refractivity contribution is 14.0. The molecule has 1 aliphatic rings. The predicted molar refractivity (Wildman–Crippen MR) is 121 cm³/mol. The van der Waals surface area contributed by atoms with Crippen LogP contribution >= 0.6 is 39.9 Å². The molecule has 1 aromatic carbocycles. The van der Waals surface area contributed by atoms with Gasteiger partial charge in [-0.2, -0.15) is 0 Å². The number of halogens is 2. The Labute approximate surface area is 186 Å². The minimum atomic E-state index is -0.240. The highest BCUT2D eigenvalue weighted by atomic mass is 127. The van der Waals surface area contributed by atoms with Gasteiger partial charge < -0.3 is 25.4 Å². The zero-order valence-electron chi connectivity index (χ0n) is 15.7. The Morgan fingerprint density at radius 2 is 2.11 bits per heavy atom. The lowest BCUT2D eigenvalue weighted by molar-refractivity contribution is 0.0963. The van der Waals surface area contributed by atoms with Crippen molar-refractivity contribution in [1.82, 2.24) is 10.2 Å². The third-order valence-electron chi connectivity index (χ3n) is 4.29. The first-order chi connectivity index (χ1) is 12.5. The fourth-order valence-corrected chi connectivity index (χ4v) is 3.52. The summed E-state index contributed by atoms with van der Waals surface area (Å²) in [4.78, 5) is 17.8. The fraction of sp³-hybridized carbons (Fsp3) is 0.556. The van der Waals surface area contributed by atoms with Gasteiger partial charge in [0.05, 0.1) is 18.2 Å². The van der Waals surface area contributed by atoms with Gasteiger partial charge in [0.2, 0.25) is 0 Å². The number of nitrogens with zero attached hydrogens (tertiary/aromatic N) is 2. The molecule has 1 aromatic rings. The molecule has 0 atom stereocenters. The minimum absolute atomic E-state index is 0. The van der Waals surface area contributed by atoms with Crippen LogP contribution in [0.4, 0.5) is 4.79 Å². The van der Waals surface area contributed by atoms with E-state index in [0.717, 1.165) is 35.0 Å². The lowest BCUT2D eigenvalue weighted by atomic mass is 10.1. The van der Waals surface area contributed by atoms with Crippen LogP contribution in [-0.2, 0) is 11.2 Å². The number of carbonyl (C=O) groups is 1. The van der Waals surface area contributed by atoms with Gasteiger partial charge in [-0.15, -0.1) is 24.0 Å². The average molecular weight is 555 g/mol. The number of methoxy groups -OCH3 is 1. The van der Waals surface area contributed by atoms with Crippen LogP contribution < -0.4 is 15.8 Å². The van der Waals surface area contributed by atoms with Gasteiger partial charge in [0, 0.05) is 25.7 Å². The second kappa shape index (κ2) is 12.3. The van der Waals surface area contributed by atoms with E-state index in [1.54, 1.807) is 12.0 Å². The van der Waals surface area contributed by atoms with Gasteiger partial charge in [0.15, 0.2) is 5.96 Å². The van der Waals surface area contributed by atoms with Crippen LogP contribution in [0.1, 0.15) is 25.3 Å². The van der Waals surface area contributed by atoms with E-state index < -0.39 is 0 Å². The van der Waals surface area contributed by atoms with Gasteiger partial charge in [-0.05, 0) is 53.7 Å². The molecule has 1 saturated heterocycles. The van der Waals surface area contributed by atoms with Crippen molar-refractivity contribution in [3.05, 3.63) is 28.2 Å². The number of nitrogens with one attached hydrogen (secondary N) is 1. The molecule has 2 rings (SSSR count). The van der Waals surface area contributed by atoms with Crippen molar-refractivity contribution in [1.29, 1.82) is 0 Å². The van der Waals surface area contributed by atoms with Gasteiger partial charge in [-0.1, -0.05) is 12.1 Å². The van der Waals surface area contributed by atoms with Crippen molar-refractivity contribution in [3.8, 4) is 5.75 Å². The molecule has 152 valence electrons. The summed E-state index contributed by atoms with van der Waals surface area (Å²) in [5, 5.41) is 3.25. The monoisotopic (exact) mass is 554 g/mol. The first kappa shape index (κ1) is 23.8. The van der Waals surface area contributed by atoms with Crippen molar-refractivity contribution in [2.75, 3.05) is 33.4 Å². The third-order valence-corrected chi connectivity index (χ3v) is 4.91. The topological polar surface area (TPSA) is 89.2 Å². The molecule has 27 heavy (non-hydrogen) atoms.